The molecule has 2 N–H and O–H groups in total. The van der Waals surface area contributed by atoms with E-state index in [0.717, 1.165) is 31.5 Å². The van der Waals surface area contributed by atoms with Crippen molar-refractivity contribution in [1.82, 2.24) is 10.6 Å². The smallest absolute Gasteiger partial charge is 0.191 e. The van der Waals surface area contributed by atoms with Gasteiger partial charge in [0.1, 0.15) is 5.75 Å². The van der Waals surface area contributed by atoms with E-state index in [1.165, 1.54) is 5.56 Å². The van der Waals surface area contributed by atoms with Gasteiger partial charge < -0.3 is 20.1 Å². The summed E-state index contributed by atoms with van der Waals surface area (Å²) in [7, 11) is 1.77. The minimum atomic E-state index is 0. The minimum absolute atomic E-state index is 0. The molecule has 0 saturated heterocycles. The predicted octanol–water partition coefficient (Wildman–Crippen LogP) is 3.60. The van der Waals surface area contributed by atoms with Crippen LogP contribution in [0.25, 0.3) is 0 Å². The normalized spacial score (nSPS) is 12.5. The van der Waals surface area contributed by atoms with Gasteiger partial charge in [-0.15, -0.1) is 24.0 Å². The summed E-state index contributed by atoms with van der Waals surface area (Å²) in [4.78, 5) is 4.23. The van der Waals surface area contributed by atoms with Crippen LogP contribution in [0.3, 0.4) is 0 Å². The first-order valence-corrected chi connectivity index (χ1v) is 8.34. The van der Waals surface area contributed by atoms with E-state index in [0.29, 0.717) is 12.5 Å². The molecule has 24 heavy (non-hydrogen) atoms. The number of nitrogens with zero attached hydrogens (tertiary/aromatic N) is 1. The summed E-state index contributed by atoms with van der Waals surface area (Å²) in [6.07, 6.45) is 0. The van der Waals surface area contributed by atoms with Crippen LogP contribution in [0.5, 0.6) is 5.75 Å². The van der Waals surface area contributed by atoms with Gasteiger partial charge in [0, 0.05) is 20.2 Å². The Balaban J connectivity index is 0.00000529. The third-order valence-corrected chi connectivity index (χ3v) is 3.28. The highest BCUT2D eigenvalue weighted by Crippen LogP contribution is 2.18. The molecule has 1 aromatic carbocycles. The Morgan fingerprint density at radius 3 is 2.38 bits per heavy atom. The molecule has 0 aliphatic rings. The van der Waals surface area contributed by atoms with E-state index < -0.39 is 0 Å². The van der Waals surface area contributed by atoms with Crippen molar-refractivity contribution in [2.45, 2.75) is 33.7 Å². The van der Waals surface area contributed by atoms with Crippen molar-refractivity contribution in [3.05, 3.63) is 29.8 Å². The van der Waals surface area contributed by atoms with Gasteiger partial charge in [0.2, 0.25) is 0 Å². The Hall–Kier alpha value is -1.02. The summed E-state index contributed by atoms with van der Waals surface area (Å²) in [5.74, 6) is 2.22. The van der Waals surface area contributed by atoms with E-state index in [9.17, 15) is 0 Å². The van der Waals surface area contributed by atoms with Gasteiger partial charge in [-0.2, -0.15) is 0 Å². The fourth-order valence-corrected chi connectivity index (χ4v) is 1.98. The molecule has 1 unspecified atom stereocenters. The number of hydrogen-bond acceptors (Lipinski definition) is 3. The van der Waals surface area contributed by atoms with Gasteiger partial charge in [-0.25, -0.2) is 0 Å². The number of aliphatic imine (C=N–C) groups is 1. The molecule has 0 bridgehead atoms. The topological polar surface area (TPSA) is 54.9 Å². The summed E-state index contributed by atoms with van der Waals surface area (Å²) in [6.45, 7) is 11.3. The van der Waals surface area contributed by atoms with E-state index in [1.54, 1.807) is 7.05 Å². The molecule has 0 spiro atoms. The number of benzene rings is 1. The number of rotatable bonds is 9. The molecule has 0 aromatic heterocycles. The molecule has 1 atom stereocenters. The zero-order valence-electron chi connectivity index (χ0n) is 15.5. The Morgan fingerprint density at radius 1 is 1.17 bits per heavy atom. The molecule has 1 rings (SSSR count). The molecule has 0 fully saturated rings. The minimum Gasteiger partial charge on any atom is -0.493 e. The fourth-order valence-electron chi connectivity index (χ4n) is 1.98. The van der Waals surface area contributed by atoms with Crippen molar-refractivity contribution >= 4 is 29.9 Å². The van der Waals surface area contributed by atoms with Crippen LogP contribution in [0.4, 0.5) is 0 Å². The maximum Gasteiger partial charge on any atom is 0.191 e. The second-order valence-electron chi connectivity index (χ2n) is 5.84. The van der Waals surface area contributed by atoms with Crippen LogP contribution in [0.1, 0.15) is 39.3 Å². The van der Waals surface area contributed by atoms with Crippen molar-refractivity contribution in [3.8, 4) is 5.75 Å². The zero-order valence-corrected chi connectivity index (χ0v) is 17.8. The molecule has 5 nitrogen and oxygen atoms in total. The Morgan fingerprint density at radius 2 is 1.83 bits per heavy atom. The van der Waals surface area contributed by atoms with E-state index >= 15 is 0 Å². The van der Waals surface area contributed by atoms with Crippen LogP contribution in [0, 0.1) is 5.92 Å². The first-order chi connectivity index (χ1) is 11.1. The highest BCUT2D eigenvalue weighted by Gasteiger charge is 2.08. The van der Waals surface area contributed by atoms with Gasteiger partial charge in [0.05, 0.1) is 19.3 Å². The number of halogens is 1. The van der Waals surface area contributed by atoms with Crippen LogP contribution >= 0.6 is 24.0 Å². The van der Waals surface area contributed by atoms with Gasteiger partial charge in [-0.3, -0.25) is 4.99 Å². The fraction of sp³-hybridized carbons (Fsp3) is 0.611. The molecular weight excluding hydrogens is 417 g/mol. The van der Waals surface area contributed by atoms with E-state index in [-0.39, 0.29) is 30.0 Å². The number of nitrogens with one attached hydrogen (secondary N) is 2. The van der Waals surface area contributed by atoms with Gasteiger partial charge in [-0.1, -0.05) is 26.0 Å². The lowest BCUT2D eigenvalue weighted by atomic mass is 10.1. The molecular formula is C18H32IN3O2. The van der Waals surface area contributed by atoms with Crippen molar-refractivity contribution in [3.63, 3.8) is 0 Å². The molecule has 6 heteroatoms. The van der Waals surface area contributed by atoms with Gasteiger partial charge in [-0.05, 0) is 37.5 Å². The Bertz CT molecular complexity index is 464. The Kier molecular flexibility index (Phi) is 12.7. The predicted molar refractivity (Wildman–Crippen MR) is 112 cm³/mol. The molecule has 0 aliphatic carbocycles. The first kappa shape index (κ1) is 23.0. The molecule has 0 amide bonds. The van der Waals surface area contributed by atoms with Crippen molar-refractivity contribution in [1.29, 1.82) is 0 Å². The molecule has 0 radical (unpaired) electrons. The average Bonchev–Trinajstić information content (AvgIpc) is 2.56. The lowest BCUT2D eigenvalue weighted by molar-refractivity contribution is 0.152. The van der Waals surface area contributed by atoms with Crippen molar-refractivity contribution in [2.24, 2.45) is 10.9 Å². The highest BCUT2D eigenvalue weighted by molar-refractivity contribution is 14.0. The summed E-state index contributed by atoms with van der Waals surface area (Å²) in [6, 6.07) is 8.36. The SMILES string of the molecule is CCOCCNC(=NC)NC(C)c1ccc(OCC(C)C)cc1.I. The molecule has 0 saturated carbocycles. The average molecular weight is 449 g/mol. The maximum absolute atomic E-state index is 5.71. The lowest BCUT2D eigenvalue weighted by Gasteiger charge is -2.18. The molecule has 0 aliphatic heterocycles. The van der Waals surface area contributed by atoms with Crippen LogP contribution in [0.15, 0.2) is 29.3 Å². The monoisotopic (exact) mass is 449 g/mol. The summed E-state index contributed by atoms with van der Waals surface area (Å²) in [5.41, 5.74) is 1.19. The highest BCUT2D eigenvalue weighted by atomic mass is 127. The second-order valence-corrected chi connectivity index (χ2v) is 5.84. The molecule has 1 aromatic rings. The lowest BCUT2D eigenvalue weighted by Crippen LogP contribution is -2.40. The van der Waals surface area contributed by atoms with E-state index in [1.807, 2.05) is 19.1 Å². The largest absolute Gasteiger partial charge is 0.493 e. The summed E-state index contributed by atoms with van der Waals surface area (Å²) >= 11 is 0. The number of hydrogen-bond donors (Lipinski definition) is 2. The summed E-state index contributed by atoms with van der Waals surface area (Å²) in [5, 5.41) is 6.61. The van der Waals surface area contributed by atoms with Crippen molar-refractivity contribution < 1.29 is 9.47 Å². The quantitative estimate of drug-likeness (QED) is 0.262. The number of guanidine groups is 1. The summed E-state index contributed by atoms with van der Waals surface area (Å²) < 4.78 is 11.0. The number of ether oxygens (including phenoxy) is 2. The van der Waals surface area contributed by atoms with Gasteiger partial charge in [0.15, 0.2) is 5.96 Å². The zero-order chi connectivity index (χ0) is 17.1. The standard InChI is InChI=1S/C18H31N3O2.HI/c1-6-22-12-11-20-18(19-5)21-15(4)16-7-9-17(10-8-16)23-13-14(2)3;/h7-10,14-15H,6,11-13H2,1-5H3,(H2,19,20,21);1H. The Labute approximate surface area is 163 Å². The van der Waals surface area contributed by atoms with Crippen molar-refractivity contribution in [2.75, 3.05) is 33.4 Å². The van der Waals surface area contributed by atoms with Crippen LogP contribution in [0.2, 0.25) is 0 Å². The third-order valence-electron chi connectivity index (χ3n) is 3.28. The van der Waals surface area contributed by atoms with Crippen LogP contribution in [-0.2, 0) is 4.74 Å². The maximum atomic E-state index is 5.71. The van der Waals surface area contributed by atoms with E-state index in [2.05, 4.69) is 48.5 Å². The molecule has 0 heterocycles. The van der Waals surface area contributed by atoms with E-state index in [4.69, 9.17) is 9.47 Å². The van der Waals surface area contributed by atoms with Gasteiger partial charge in [0.25, 0.3) is 0 Å². The second kappa shape index (κ2) is 13.3. The van der Waals surface area contributed by atoms with Gasteiger partial charge >= 0.3 is 0 Å². The van der Waals surface area contributed by atoms with Crippen LogP contribution in [-0.4, -0.2) is 39.4 Å². The third kappa shape index (κ3) is 9.32. The first-order valence-electron chi connectivity index (χ1n) is 8.34. The van der Waals surface area contributed by atoms with Crippen LogP contribution < -0.4 is 15.4 Å². The molecule has 138 valence electrons.